The van der Waals surface area contributed by atoms with E-state index in [0.717, 1.165) is 54.7 Å². The van der Waals surface area contributed by atoms with Gasteiger partial charge in [-0.2, -0.15) is 13.2 Å². The normalized spacial score (nSPS) is 20.9. The van der Waals surface area contributed by atoms with Crippen LogP contribution in [-0.4, -0.2) is 28.2 Å². The van der Waals surface area contributed by atoms with Gasteiger partial charge in [-0.1, -0.05) is 30.0 Å². The zero-order chi connectivity index (χ0) is 16.6. The van der Waals surface area contributed by atoms with Crippen LogP contribution in [-0.2, 0) is 11.0 Å². The number of carbonyl (C=O) groups is 1. The van der Waals surface area contributed by atoms with Gasteiger partial charge in [0.15, 0.2) is 4.32 Å². The zero-order valence-corrected chi connectivity index (χ0v) is 13.6. The van der Waals surface area contributed by atoms with E-state index >= 15 is 0 Å². The third-order valence-corrected chi connectivity index (χ3v) is 4.96. The summed E-state index contributed by atoms with van der Waals surface area (Å²) in [7, 11) is 0. The van der Waals surface area contributed by atoms with Crippen molar-refractivity contribution in [3.63, 3.8) is 0 Å². The molecule has 8 heteroatoms. The number of benzene rings is 1. The molecule has 2 aliphatic heterocycles. The van der Waals surface area contributed by atoms with E-state index < -0.39 is 11.7 Å². The molecular weight excluding hydrogens is 345 g/mol. The van der Waals surface area contributed by atoms with E-state index in [2.05, 4.69) is 0 Å². The quantitative estimate of drug-likeness (QED) is 0.589. The van der Waals surface area contributed by atoms with Crippen molar-refractivity contribution in [2.45, 2.75) is 19.0 Å². The maximum Gasteiger partial charge on any atom is 0.416 e. The molecule has 2 saturated heterocycles. The lowest BCUT2D eigenvalue weighted by Crippen LogP contribution is -2.28. The molecule has 1 amide bonds. The van der Waals surface area contributed by atoms with Crippen LogP contribution in [0.1, 0.15) is 18.4 Å². The summed E-state index contributed by atoms with van der Waals surface area (Å²) < 4.78 is 38.8. The molecule has 3 nitrogen and oxygen atoms in total. The van der Waals surface area contributed by atoms with Gasteiger partial charge in [-0.3, -0.25) is 9.69 Å². The van der Waals surface area contributed by atoms with Gasteiger partial charge in [0, 0.05) is 19.3 Å². The Hall–Kier alpha value is -1.54. The van der Waals surface area contributed by atoms with E-state index in [1.807, 2.05) is 4.90 Å². The van der Waals surface area contributed by atoms with Gasteiger partial charge < -0.3 is 4.90 Å². The molecule has 122 valence electrons. The van der Waals surface area contributed by atoms with Gasteiger partial charge >= 0.3 is 6.18 Å². The fourth-order valence-electron chi connectivity index (χ4n) is 2.54. The number of carbonyl (C=O) groups excluding carboxylic acids is 1. The number of nitrogens with zero attached hydrogens (tertiary/aromatic N) is 2. The van der Waals surface area contributed by atoms with Crippen LogP contribution in [0.4, 0.5) is 18.9 Å². The third-order valence-electron chi connectivity index (χ3n) is 3.67. The number of halogens is 3. The van der Waals surface area contributed by atoms with Crippen LogP contribution in [0.5, 0.6) is 0 Å². The van der Waals surface area contributed by atoms with Crippen LogP contribution in [0.3, 0.4) is 0 Å². The number of hydrogen-bond acceptors (Lipinski definition) is 4. The molecule has 0 saturated carbocycles. The van der Waals surface area contributed by atoms with E-state index in [4.69, 9.17) is 12.2 Å². The van der Waals surface area contributed by atoms with Crippen molar-refractivity contribution in [1.82, 2.24) is 4.90 Å². The predicted octanol–water partition coefficient (Wildman–Crippen LogP) is 4.01. The maximum atomic E-state index is 12.8. The third kappa shape index (κ3) is 3.37. The summed E-state index contributed by atoms with van der Waals surface area (Å²) in [5, 5.41) is 0. The van der Waals surface area contributed by atoms with Gasteiger partial charge in [-0.05, 0) is 31.0 Å². The van der Waals surface area contributed by atoms with Crippen molar-refractivity contribution < 1.29 is 18.0 Å². The molecule has 0 spiro atoms. The molecule has 0 radical (unpaired) electrons. The molecule has 0 atom stereocenters. The highest BCUT2D eigenvalue weighted by molar-refractivity contribution is 8.27. The number of amides is 1. The summed E-state index contributed by atoms with van der Waals surface area (Å²) in [6.07, 6.45) is -0.545. The summed E-state index contributed by atoms with van der Waals surface area (Å²) in [6.45, 7) is 1.77. The van der Waals surface area contributed by atoms with Crippen LogP contribution in [0.15, 0.2) is 35.4 Å². The lowest BCUT2D eigenvalue weighted by molar-refractivity contribution is -0.137. The van der Waals surface area contributed by atoms with Crippen molar-refractivity contribution in [2.75, 3.05) is 18.0 Å². The van der Waals surface area contributed by atoms with E-state index in [-0.39, 0.29) is 15.9 Å². The number of anilines is 1. The molecular formula is C15H13F3N2OS2. The monoisotopic (exact) mass is 358 g/mol. The van der Waals surface area contributed by atoms with E-state index in [1.54, 1.807) is 6.20 Å². The molecule has 3 rings (SSSR count). The average Bonchev–Trinajstić information content (AvgIpc) is 3.08. The van der Waals surface area contributed by atoms with E-state index in [1.165, 1.54) is 12.1 Å². The van der Waals surface area contributed by atoms with Crippen molar-refractivity contribution in [3.05, 3.63) is 40.9 Å². The first-order chi connectivity index (χ1) is 10.9. The average molecular weight is 358 g/mol. The van der Waals surface area contributed by atoms with Gasteiger partial charge in [0.2, 0.25) is 0 Å². The standard InChI is InChI=1S/C15H13F3N2OS2/c16-15(17,18)10-4-3-5-11(8-10)20-13(21)12(23-14(20)22)9-19-6-1-2-7-19/h3-5,8-9H,1-2,6-7H2/b12-9-. The molecule has 2 heterocycles. The number of thioether (sulfide) groups is 1. The molecule has 2 aliphatic rings. The van der Waals surface area contributed by atoms with Gasteiger partial charge in [-0.25, -0.2) is 0 Å². The predicted molar refractivity (Wildman–Crippen MR) is 88.0 cm³/mol. The van der Waals surface area contributed by atoms with Crippen molar-refractivity contribution in [2.24, 2.45) is 0 Å². The van der Waals surface area contributed by atoms with E-state index in [9.17, 15) is 18.0 Å². The fraction of sp³-hybridized carbons (Fsp3) is 0.333. The van der Waals surface area contributed by atoms with Crippen molar-refractivity contribution in [3.8, 4) is 0 Å². The molecule has 0 bridgehead atoms. The Morgan fingerprint density at radius 2 is 1.91 bits per heavy atom. The van der Waals surface area contributed by atoms with Gasteiger partial charge in [0.1, 0.15) is 0 Å². The smallest absolute Gasteiger partial charge is 0.376 e. The second kappa shape index (κ2) is 6.16. The molecule has 0 aliphatic carbocycles. The highest BCUT2D eigenvalue weighted by atomic mass is 32.2. The minimum atomic E-state index is -4.46. The SMILES string of the molecule is O=C1/C(=C/N2CCCC2)SC(=S)N1c1cccc(C(F)(F)F)c1. The summed E-state index contributed by atoms with van der Waals surface area (Å²) in [5.74, 6) is -0.369. The number of hydrogen-bond donors (Lipinski definition) is 0. The first kappa shape index (κ1) is 16.3. The van der Waals surface area contributed by atoms with E-state index in [0.29, 0.717) is 4.91 Å². The zero-order valence-electron chi connectivity index (χ0n) is 12.0. The van der Waals surface area contributed by atoms with Crippen LogP contribution in [0, 0.1) is 0 Å². The maximum absolute atomic E-state index is 12.8. The summed E-state index contributed by atoms with van der Waals surface area (Å²) in [6, 6.07) is 4.66. The summed E-state index contributed by atoms with van der Waals surface area (Å²) in [5.41, 5.74) is -0.653. The molecule has 2 fully saturated rings. The van der Waals surface area contributed by atoms with Crippen LogP contribution >= 0.6 is 24.0 Å². The highest BCUT2D eigenvalue weighted by Gasteiger charge is 2.36. The Balaban J connectivity index is 1.88. The highest BCUT2D eigenvalue weighted by Crippen LogP contribution is 2.38. The molecule has 1 aromatic rings. The van der Waals surface area contributed by atoms with Crippen LogP contribution in [0.2, 0.25) is 0 Å². The number of likely N-dealkylation sites (tertiary alicyclic amines) is 1. The van der Waals surface area contributed by atoms with Crippen LogP contribution in [0.25, 0.3) is 0 Å². The minimum absolute atomic E-state index is 0.146. The Labute approximate surface area is 141 Å². The Morgan fingerprint density at radius 1 is 1.22 bits per heavy atom. The molecule has 0 aromatic heterocycles. The molecule has 0 N–H and O–H groups in total. The van der Waals surface area contributed by atoms with Crippen molar-refractivity contribution in [1.29, 1.82) is 0 Å². The first-order valence-electron chi connectivity index (χ1n) is 7.05. The number of thiocarbonyl (C=S) groups is 1. The second-order valence-electron chi connectivity index (χ2n) is 5.29. The van der Waals surface area contributed by atoms with Gasteiger partial charge in [0.25, 0.3) is 5.91 Å². The number of alkyl halides is 3. The Morgan fingerprint density at radius 3 is 2.57 bits per heavy atom. The minimum Gasteiger partial charge on any atom is -0.376 e. The Kier molecular flexibility index (Phi) is 4.37. The Bertz CT molecular complexity index is 682. The molecule has 0 unspecified atom stereocenters. The summed E-state index contributed by atoms with van der Waals surface area (Å²) >= 11 is 6.30. The lowest BCUT2D eigenvalue weighted by atomic mass is 10.2. The second-order valence-corrected chi connectivity index (χ2v) is 6.97. The summed E-state index contributed by atoms with van der Waals surface area (Å²) in [4.78, 5) is 16.2. The topological polar surface area (TPSA) is 23.6 Å². The van der Waals surface area contributed by atoms with Gasteiger partial charge in [0.05, 0.1) is 16.2 Å². The number of rotatable bonds is 2. The first-order valence-corrected chi connectivity index (χ1v) is 8.28. The molecule has 1 aromatic carbocycles. The largest absolute Gasteiger partial charge is 0.416 e. The van der Waals surface area contributed by atoms with Crippen LogP contribution < -0.4 is 4.90 Å². The van der Waals surface area contributed by atoms with Gasteiger partial charge in [-0.15, -0.1) is 0 Å². The fourth-order valence-corrected chi connectivity index (χ4v) is 3.84. The van der Waals surface area contributed by atoms with Crippen molar-refractivity contribution >= 4 is 39.9 Å². The molecule has 23 heavy (non-hydrogen) atoms. The lowest BCUT2D eigenvalue weighted by Gasteiger charge is -2.16.